The molecule has 20 heavy (non-hydrogen) atoms. The molecule has 0 N–H and O–H groups in total. The first-order chi connectivity index (χ1) is 8.69. The molecule has 0 unspecified atom stereocenters. The average Bonchev–Trinajstić information content (AvgIpc) is 2.32. The number of hydrogen-bond acceptors (Lipinski definition) is 2. The minimum absolute atomic E-state index is 0. The molecule has 0 amide bonds. The summed E-state index contributed by atoms with van der Waals surface area (Å²) in [5.41, 5.74) is 0. The Labute approximate surface area is 157 Å². The van der Waals surface area contributed by atoms with E-state index in [0.717, 1.165) is 0 Å². The van der Waals surface area contributed by atoms with E-state index in [-0.39, 0.29) is 20.4 Å². The van der Waals surface area contributed by atoms with E-state index in [1.807, 2.05) is 13.1 Å². The third-order valence-corrected chi connectivity index (χ3v) is 8.05. The molecular weight excluding hydrogens is 429 g/mol. The maximum Gasteiger partial charge on any atom is 2.00 e. The van der Waals surface area contributed by atoms with Gasteiger partial charge in [-0.2, -0.15) is 0 Å². The van der Waals surface area contributed by atoms with Crippen molar-refractivity contribution < 1.29 is 20.4 Å². The summed E-state index contributed by atoms with van der Waals surface area (Å²) in [5.74, 6) is 0. The minimum Gasteiger partial charge on any atom is -0.817 e. The first-order valence-electron chi connectivity index (χ1n) is 7.55. The monoisotopic (exact) mass is 464 g/mol. The zero-order valence-corrected chi connectivity index (χ0v) is 20.7. The van der Waals surface area contributed by atoms with Gasteiger partial charge in [0, 0.05) is 0 Å². The van der Waals surface area contributed by atoms with Crippen LogP contribution in [0.4, 0.5) is 0 Å². The molecule has 128 valence electrons. The standard InChI is InChI=1S/2C6H15P.C2H6S2Si.Pd/c2*1-4-7(5-2)6-3;1-5(2,3)4;/h2*4-6H2,1-3H3;1-2H3;/q;;-2;+2. The molecule has 0 aliphatic rings. The first-order valence-corrected chi connectivity index (χ1v) is 16.6. The summed E-state index contributed by atoms with van der Waals surface area (Å²) in [6, 6.07) is 0. The van der Waals surface area contributed by atoms with Crippen LogP contribution in [0.1, 0.15) is 41.5 Å². The molecular formula is C14H36P2PdS2Si. The van der Waals surface area contributed by atoms with Gasteiger partial charge in [0.1, 0.15) is 0 Å². The molecule has 0 nitrogen and oxygen atoms in total. The van der Waals surface area contributed by atoms with Crippen molar-refractivity contribution >= 4 is 46.4 Å². The van der Waals surface area contributed by atoms with Crippen molar-refractivity contribution in [3.05, 3.63) is 0 Å². The average molecular weight is 465 g/mol. The molecule has 0 aromatic carbocycles. The van der Waals surface area contributed by atoms with Crippen LogP contribution in [0.2, 0.25) is 13.1 Å². The fraction of sp³-hybridized carbons (Fsp3) is 1.00. The van der Waals surface area contributed by atoms with Gasteiger partial charge in [-0.15, -0.1) is 28.9 Å². The van der Waals surface area contributed by atoms with E-state index in [2.05, 4.69) is 41.5 Å². The van der Waals surface area contributed by atoms with Gasteiger partial charge in [0.2, 0.25) is 0 Å². The van der Waals surface area contributed by atoms with Gasteiger partial charge in [-0.25, -0.2) is 6.37 Å². The topological polar surface area (TPSA) is 0 Å². The van der Waals surface area contributed by atoms with E-state index >= 15 is 0 Å². The molecule has 0 aromatic heterocycles. The Kier molecular flexibility index (Phi) is 32.5. The van der Waals surface area contributed by atoms with Crippen LogP contribution in [-0.4, -0.2) is 43.3 Å². The van der Waals surface area contributed by atoms with E-state index in [1.54, 1.807) is 0 Å². The van der Waals surface area contributed by atoms with Crippen molar-refractivity contribution in [3.8, 4) is 0 Å². The molecule has 0 aliphatic carbocycles. The van der Waals surface area contributed by atoms with Crippen molar-refractivity contribution in [2.45, 2.75) is 54.6 Å². The van der Waals surface area contributed by atoms with E-state index < -0.39 is 6.37 Å². The molecule has 0 aromatic rings. The van der Waals surface area contributed by atoms with Crippen molar-refractivity contribution in [3.63, 3.8) is 0 Å². The third-order valence-electron chi connectivity index (χ3n) is 2.68. The maximum absolute atomic E-state index is 4.78. The minimum atomic E-state index is -1.44. The predicted molar refractivity (Wildman–Crippen MR) is 109 cm³/mol. The van der Waals surface area contributed by atoms with Gasteiger partial charge < -0.3 is 24.2 Å². The summed E-state index contributed by atoms with van der Waals surface area (Å²) in [6.45, 7) is 17.7. The van der Waals surface area contributed by atoms with Crippen LogP contribution in [0, 0.1) is 0 Å². The van der Waals surface area contributed by atoms with Crippen LogP contribution in [0.3, 0.4) is 0 Å². The van der Waals surface area contributed by atoms with Gasteiger partial charge in [-0.1, -0.05) is 41.5 Å². The first kappa shape index (κ1) is 30.3. The normalized spacial score (nSPS) is 10.2. The number of rotatable bonds is 6. The Morgan fingerprint density at radius 3 is 0.700 bits per heavy atom. The molecule has 0 radical (unpaired) electrons. The van der Waals surface area contributed by atoms with Crippen LogP contribution in [0.15, 0.2) is 0 Å². The van der Waals surface area contributed by atoms with Crippen molar-refractivity contribution in [2.75, 3.05) is 37.0 Å². The molecule has 0 bridgehead atoms. The molecule has 0 saturated carbocycles. The van der Waals surface area contributed by atoms with E-state index in [9.17, 15) is 0 Å². The van der Waals surface area contributed by atoms with Crippen molar-refractivity contribution in [1.29, 1.82) is 0 Å². The second kappa shape index (κ2) is 21.4. The van der Waals surface area contributed by atoms with Gasteiger partial charge in [0.15, 0.2) is 0 Å². The van der Waals surface area contributed by atoms with Crippen LogP contribution in [-0.2, 0) is 44.6 Å². The molecule has 0 spiro atoms. The molecule has 0 atom stereocenters. The third kappa shape index (κ3) is 37.0. The fourth-order valence-corrected chi connectivity index (χ4v) is 4.02. The molecule has 0 rings (SSSR count). The summed E-state index contributed by atoms with van der Waals surface area (Å²) in [4.78, 5) is 0. The van der Waals surface area contributed by atoms with Crippen molar-refractivity contribution in [1.82, 2.24) is 0 Å². The molecule has 0 aliphatic heterocycles. The number of hydrogen-bond donors (Lipinski definition) is 0. The summed E-state index contributed by atoms with van der Waals surface area (Å²) in [7, 11) is 0.892. The van der Waals surface area contributed by atoms with Crippen LogP contribution < -0.4 is 0 Å². The van der Waals surface area contributed by atoms with E-state index in [4.69, 9.17) is 24.2 Å². The fourth-order valence-electron chi connectivity index (χ4n) is 1.34. The summed E-state index contributed by atoms with van der Waals surface area (Å²) < 4.78 is 0. The predicted octanol–water partition coefficient (Wildman–Crippen LogP) is 5.84. The van der Waals surface area contributed by atoms with Gasteiger partial charge in [-0.3, -0.25) is 0 Å². The molecule has 0 heterocycles. The summed E-state index contributed by atoms with van der Waals surface area (Å²) >= 11 is 9.56. The second-order valence-electron chi connectivity index (χ2n) is 4.64. The van der Waals surface area contributed by atoms with Crippen molar-refractivity contribution in [2.24, 2.45) is 0 Å². The Bertz CT molecular complexity index is 133. The van der Waals surface area contributed by atoms with Crippen LogP contribution >= 0.6 is 15.8 Å². The Balaban J connectivity index is -0.0000000952. The van der Waals surface area contributed by atoms with Crippen LogP contribution in [0.5, 0.6) is 0 Å². The Hall–Kier alpha value is 2.44. The van der Waals surface area contributed by atoms with Gasteiger partial charge in [0.25, 0.3) is 0 Å². The Morgan fingerprint density at radius 1 is 0.600 bits per heavy atom. The largest absolute Gasteiger partial charge is 2.00 e. The van der Waals surface area contributed by atoms with Crippen LogP contribution in [0.25, 0.3) is 0 Å². The zero-order chi connectivity index (χ0) is 15.9. The van der Waals surface area contributed by atoms with Gasteiger partial charge >= 0.3 is 20.4 Å². The summed E-state index contributed by atoms with van der Waals surface area (Å²) in [6.07, 6.45) is 7.07. The zero-order valence-electron chi connectivity index (χ0n) is 14.8. The van der Waals surface area contributed by atoms with Gasteiger partial charge in [0.05, 0.1) is 0 Å². The quantitative estimate of drug-likeness (QED) is 0.275. The van der Waals surface area contributed by atoms with Gasteiger partial charge in [-0.05, 0) is 37.0 Å². The smallest absolute Gasteiger partial charge is 0.817 e. The second-order valence-corrected chi connectivity index (χ2v) is 20.8. The van der Waals surface area contributed by atoms with E-state index in [0.29, 0.717) is 15.8 Å². The van der Waals surface area contributed by atoms with E-state index in [1.165, 1.54) is 37.0 Å². The molecule has 0 fully saturated rings. The molecule has 6 heteroatoms. The SMILES string of the molecule is CCP(CC)CC.CCP(CC)CC.C[Si](C)([S-])[S-].[Pd+2]. The molecule has 0 saturated heterocycles. The summed E-state index contributed by atoms with van der Waals surface area (Å²) in [5, 5.41) is 0. The Morgan fingerprint density at radius 2 is 0.700 bits per heavy atom. The maximum atomic E-state index is 4.78.